The summed E-state index contributed by atoms with van der Waals surface area (Å²) in [6.45, 7) is 4.12. The molecule has 4 heterocycles. The zero-order chi connectivity index (χ0) is 26.2. The lowest BCUT2D eigenvalue weighted by atomic mass is 9.87. The average molecular weight is 508 g/mol. The van der Waals surface area contributed by atoms with Crippen molar-refractivity contribution in [3.63, 3.8) is 0 Å². The molecule has 2 aliphatic rings. The predicted molar refractivity (Wildman–Crippen MR) is 147 cm³/mol. The van der Waals surface area contributed by atoms with Gasteiger partial charge in [-0.05, 0) is 87.3 Å². The first-order valence-electron chi connectivity index (χ1n) is 13.5. The number of rotatable bonds is 7. The summed E-state index contributed by atoms with van der Waals surface area (Å²) in [4.78, 5) is 16.2. The smallest absolute Gasteiger partial charge is 0.223 e. The molecule has 2 atom stereocenters. The first kappa shape index (κ1) is 24.5. The third kappa shape index (κ3) is 4.75. The lowest BCUT2D eigenvalue weighted by Crippen LogP contribution is -2.32. The molecule has 4 aromatic rings. The van der Waals surface area contributed by atoms with Gasteiger partial charge in [-0.25, -0.2) is 15.0 Å². The maximum atomic E-state index is 10.9. The summed E-state index contributed by atoms with van der Waals surface area (Å²) in [5.74, 6) is 1.33. The zero-order valence-corrected chi connectivity index (χ0v) is 21.9. The Hall–Kier alpha value is -3.80. The number of aliphatic hydroxyl groups is 1. The SMILES string of the molecule is C[C@H](Nc1ncc(C#N)c(-c2cnc3c(C4CC4)cccn23)n1)c1ccc(C(O)C2CCN(C)CC2)cc1. The first-order valence-corrected chi connectivity index (χ1v) is 13.5. The van der Waals surface area contributed by atoms with Crippen molar-refractivity contribution in [3.8, 4) is 17.5 Å². The number of likely N-dealkylation sites (tertiary alicyclic amines) is 1. The minimum Gasteiger partial charge on any atom is -0.388 e. The van der Waals surface area contributed by atoms with Crippen LogP contribution in [0.25, 0.3) is 17.0 Å². The minimum atomic E-state index is -0.434. The van der Waals surface area contributed by atoms with Crippen molar-refractivity contribution >= 4 is 11.6 Å². The number of hydrogen-bond donors (Lipinski definition) is 2. The monoisotopic (exact) mass is 507 g/mol. The van der Waals surface area contributed by atoms with Gasteiger partial charge in [-0.3, -0.25) is 4.40 Å². The van der Waals surface area contributed by atoms with Gasteiger partial charge >= 0.3 is 0 Å². The number of aliphatic hydroxyl groups excluding tert-OH is 1. The van der Waals surface area contributed by atoms with E-state index in [0.29, 0.717) is 29.0 Å². The van der Waals surface area contributed by atoms with Crippen molar-refractivity contribution in [1.82, 2.24) is 24.3 Å². The molecule has 3 aromatic heterocycles. The van der Waals surface area contributed by atoms with Crippen molar-refractivity contribution < 1.29 is 5.11 Å². The Balaban J connectivity index is 1.21. The highest BCUT2D eigenvalue weighted by Gasteiger charge is 2.27. The molecule has 1 aromatic carbocycles. The highest BCUT2D eigenvalue weighted by atomic mass is 16.3. The third-order valence-corrected chi connectivity index (χ3v) is 8.07. The molecular formula is C30H33N7O. The summed E-state index contributed by atoms with van der Waals surface area (Å²) in [6, 6.07) is 14.5. The van der Waals surface area contributed by atoms with E-state index in [4.69, 9.17) is 4.98 Å². The fraction of sp³-hybridized carbons (Fsp3) is 0.400. The van der Waals surface area contributed by atoms with Gasteiger partial charge in [0.1, 0.15) is 17.4 Å². The predicted octanol–water partition coefficient (Wildman–Crippen LogP) is 5.09. The number of nitriles is 1. The van der Waals surface area contributed by atoms with Crippen molar-refractivity contribution in [3.05, 3.63) is 77.2 Å². The second-order valence-electron chi connectivity index (χ2n) is 10.8. The van der Waals surface area contributed by atoms with Crippen LogP contribution in [0.4, 0.5) is 5.95 Å². The van der Waals surface area contributed by atoms with Gasteiger partial charge in [0.25, 0.3) is 0 Å². The van der Waals surface area contributed by atoms with E-state index >= 15 is 0 Å². The largest absolute Gasteiger partial charge is 0.388 e. The highest BCUT2D eigenvalue weighted by molar-refractivity contribution is 5.68. The van der Waals surface area contributed by atoms with Crippen LogP contribution in [-0.4, -0.2) is 49.5 Å². The molecule has 8 nitrogen and oxygen atoms in total. The van der Waals surface area contributed by atoms with Gasteiger partial charge in [0.2, 0.25) is 5.95 Å². The second-order valence-corrected chi connectivity index (χ2v) is 10.8. The molecule has 1 aliphatic carbocycles. The van der Waals surface area contributed by atoms with E-state index in [1.165, 1.54) is 18.4 Å². The maximum Gasteiger partial charge on any atom is 0.223 e. The lowest BCUT2D eigenvalue weighted by Gasteiger charge is -2.32. The van der Waals surface area contributed by atoms with Gasteiger partial charge in [0.05, 0.1) is 35.8 Å². The standard InChI is InChI=1S/C30H33N7O/c1-19(20-5-9-22(10-6-20)28(38)23-11-14-36(2)15-12-23)34-30-33-17-24(16-31)27(35-30)26-18-32-29-25(21-7-8-21)4-3-13-37(26)29/h3-6,9-10,13,17-19,21,23,28,38H,7-8,11-12,14-15H2,1-2H3,(H,33,34,35)/t19-,28?/m0/s1. The van der Waals surface area contributed by atoms with Gasteiger partial charge in [0, 0.05) is 6.20 Å². The Morgan fingerprint density at radius 1 is 1.03 bits per heavy atom. The number of aromatic nitrogens is 4. The molecule has 1 unspecified atom stereocenters. The summed E-state index contributed by atoms with van der Waals surface area (Å²) in [5, 5.41) is 24.1. The third-order valence-electron chi connectivity index (χ3n) is 8.07. The molecule has 1 saturated carbocycles. The van der Waals surface area contributed by atoms with Crippen LogP contribution in [0, 0.1) is 17.2 Å². The van der Waals surface area contributed by atoms with Crippen molar-refractivity contribution in [1.29, 1.82) is 5.26 Å². The molecule has 6 rings (SSSR count). The van der Waals surface area contributed by atoms with Crippen LogP contribution in [0.15, 0.2) is 55.0 Å². The average Bonchev–Trinajstić information content (AvgIpc) is 3.71. The number of anilines is 1. The fourth-order valence-electron chi connectivity index (χ4n) is 5.52. The van der Waals surface area contributed by atoms with Gasteiger partial charge in [-0.15, -0.1) is 0 Å². The van der Waals surface area contributed by atoms with Crippen LogP contribution in [0.5, 0.6) is 0 Å². The number of imidazole rings is 1. The van der Waals surface area contributed by atoms with Crippen LogP contribution in [0.2, 0.25) is 0 Å². The topological polar surface area (TPSA) is 102 Å². The van der Waals surface area contributed by atoms with Crippen LogP contribution in [0.1, 0.15) is 72.9 Å². The summed E-state index contributed by atoms with van der Waals surface area (Å²) in [7, 11) is 2.13. The number of benzene rings is 1. The van der Waals surface area contributed by atoms with E-state index in [2.05, 4.69) is 58.4 Å². The quantitative estimate of drug-likeness (QED) is 0.359. The molecule has 8 heteroatoms. The number of fused-ring (bicyclic) bond motifs is 1. The highest BCUT2D eigenvalue weighted by Crippen LogP contribution is 2.42. The van der Waals surface area contributed by atoms with Crippen LogP contribution >= 0.6 is 0 Å². The molecule has 0 amide bonds. The molecule has 0 bridgehead atoms. The summed E-state index contributed by atoms with van der Waals surface area (Å²) in [5.41, 5.74) is 5.97. The van der Waals surface area contributed by atoms with Gasteiger partial charge in [-0.2, -0.15) is 5.26 Å². The summed E-state index contributed by atoms with van der Waals surface area (Å²) >= 11 is 0. The molecular weight excluding hydrogens is 474 g/mol. The molecule has 194 valence electrons. The van der Waals surface area contributed by atoms with Crippen LogP contribution < -0.4 is 5.32 Å². The number of pyridine rings is 1. The normalized spacial score (nSPS) is 18.3. The molecule has 0 radical (unpaired) electrons. The van der Waals surface area contributed by atoms with E-state index in [9.17, 15) is 10.4 Å². The van der Waals surface area contributed by atoms with E-state index < -0.39 is 6.10 Å². The van der Waals surface area contributed by atoms with E-state index in [1.54, 1.807) is 12.4 Å². The Morgan fingerprint density at radius 2 is 1.76 bits per heavy atom. The molecule has 0 spiro atoms. The number of hydrogen-bond acceptors (Lipinski definition) is 7. The second kappa shape index (κ2) is 10.2. The van der Waals surface area contributed by atoms with Crippen LogP contribution in [0.3, 0.4) is 0 Å². The molecule has 38 heavy (non-hydrogen) atoms. The molecule has 1 saturated heterocycles. The Morgan fingerprint density at radius 3 is 2.47 bits per heavy atom. The van der Waals surface area contributed by atoms with Gasteiger partial charge in [-0.1, -0.05) is 30.3 Å². The Bertz CT molecular complexity index is 1480. The molecule has 2 N–H and O–H groups in total. The number of piperidine rings is 1. The van der Waals surface area contributed by atoms with E-state index in [0.717, 1.165) is 48.4 Å². The van der Waals surface area contributed by atoms with E-state index in [1.807, 2.05) is 28.8 Å². The number of nitrogens with one attached hydrogen (secondary N) is 1. The lowest BCUT2D eigenvalue weighted by molar-refractivity contribution is 0.0657. The summed E-state index contributed by atoms with van der Waals surface area (Å²) < 4.78 is 2.03. The maximum absolute atomic E-state index is 10.9. The molecule has 2 fully saturated rings. The van der Waals surface area contributed by atoms with Crippen molar-refractivity contribution in [2.75, 3.05) is 25.5 Å². The first-order chi connectivity index (χ1) is 18.5. The number of nitrogens with zero attached hydrogens (tertiary/aromatic N) is 6. The van der Waals surface area contributed by atoms with Gasteiger partial charge in [0.15, 0.2) is 0 Å². The van der Waals surface area contributed by atoms with Crippen molar-refractivity contribution in [2.24, 2.45) is 5.92 Å². The summed E-state index contributed by atoms with van der Waals surface area (Å²) in [6.07, 6.45) is 9.34. The Labute approximate surface area is 223 Å². The van der Waals surface area contributed by atoms with Crippen LogP contribution in [-0.2, 0) is 0 Å². The fourth-order valence-corrected chi connectivity index (χ4v) is 5.52. The molecule has 1 aliphatic heterocycles. The van der Waals surface area contributed by atoms with E-state index in [-0.39, 0.29) is 6.04 Å². The minimum absolute atomic E-state index is 0.0611. The van der Waals surface area contributed by atoms with Crippen molar-refractivity contribution in [2.45, 2.75) is 50.7 Å². The van der Waals surface area contributed by atoms with Gasteiger partial charge < -0.3 is 15.3 Å². The Kier molecular flexibility index (Phi) is 6.56. The zero-order valence-electron chi connectivity index (χ0n) is 21.9.